The van der Waals surface area contributed by atoms with E-state index >= 15 is 0 Å². The molecular weight excluding hydrogens is 164 g/mol. The van der Waals surface area contributed by atoms with Gasteiger partial charge in [-0.3, -0.25) is 0 Å². The molecule has 13 heavy (non-hydrogen) atoms. The third-order valence-electron chi connectivity index (χ3n) is 1.84. The van der Waals surface area contributed by atoms with Crippen LogP contribution in [0.1, 0.15) is 0 Å². The van der Waals surface area contributed by atoms with E-state index in [1.54, 1.807) is 12.2 Å². The van der Waals surface area contributed by atoms with E-state index in [9.17, 15) is 0 Å². The normalized spacial score (nSPS) is 10.4. The summed E-state index contributed by atoms with van der Waals surface area (Å²) < 4.78 is 0. The maximum absolute atomic E-state index is 4.98. The summed E-state index contributed by atoms with van der Waals surface area (Å²) in [6.45, 7) is 1.75. The zero-order valence-corrected chi connectivity index (χ0v) is 8.16. The highest BCUT2D eigenvalue weighted by Gasteiger charge is 1.93. The minimum Gasteiger partial charge on any atom is -0.384 e. The summed E-state index contributed by atoms with van der Waals surface area (Å²) in [6.07, 6.45) is 0. The molecule has 0 bridgehead atoms. The molecule has 0 amide bonds. The van der Waals surface area contributed by atoms with Crippen molar-refractivity contribution < 1.29 is 4.84 Å². The van der Waals surface area contributed by atoms with Crippen LogP contribution in [0.25, 0.3) is 0 Å². The van der Waals surface area contributed by atoms with E-state index in [0.29, 0.717) is 0 Å². The summed E-state index contributed by atoms with van der Waals surface area (Å²) in [6, 6.07) is 10.1. The van der Waals surface area contributed by atoms with Crippen LogP contribution in [0.2, 0.25) is 0 Å². The molecule has 0 aliphatic carbocycles. The monoisotopic (exact) mass is 180 g/mol. The van der Waals surface area contributed by atoms with Gasteiger partial charge in [-0.05, 0) is 12.1 Å². The summed E-state index contributed by atoms with van der Waals surface area (Å²) in [4.78, 5) is 4.98. The van der Waals surface area contributed by atoms with Gasteiger partial charge < -0.3 is 10.2 Å². The van der Waals surface area contributed by atoms with Gasteiger partial charge in [-0.15, -0.1) is 0 Å². The molecule has 0 spiro atoms. The quantitative estimate of drug-likeness (QED) is 0.696. The third kappa shape index (κ3) is 3.92. The highest BCUT2D eigenvalue weighted by molar-refractivity contribution is 5.42. The van der Waals surface area contributed by atoms with Gasteiger partial charge in [0.2, 0.25) is 0 Å². The van der Waals surface area contributed by atoms with Crippen LogP contribution in [0, 0.1) is 0 Å². The van der Waals surface area contributed by atoms with Gasteiger partial charge in [0.25, 0.3) is 0 Å². The molecule has 0 saturated heterocycles. The first-order valence-corrected chi connectivity index (χ1v) is 4.37. The van der Waals surface area contributed by atoms with E-state index in [1.807, 2.05) is 37.4 Å². The van der Waals surface area contributed by atoms with Gasteiger partial charge >= 0.3 is 0 Å². The number of hydrogen-bond donors (Lipinski definition) is 1. The number of nitrogens with one attached hydrogen (secondary N) is 1. The second-order valence-electron chi connectivity index (χ2n) is 2.83. The molecule has 1 aromatic carbocycles. The van der Waals surface area contributed by atoms with Crippen LogP contribution in [0.5, 0.6) is 0 Å². The number of anilines is 1. The van der Waals surface area contributed by atoms with E-state index in [-0.39, 0.29) is 0 Å². The van der Waals surface area contributed by atoms with E-state index < -0.39 is 0 Å². The predicted molar refractivity (Wildman–Crippen MR) is 54.6 cm³/mol. The molecule has 3 nitrogen and oxygen atoms in total. The average Bonchev–Trinajstić information content (AvgIpc) is 2.19. The van der Waals surface area contributed by atoms with Crippen LogP contribution in [0.15, 0.2) is 30.3 Å². The third-order valence-corrected chi connectivity index (χ3v) is 1.84. The van der Waals surface area contributed by atoms with Crippen molar-refractivity contribution >= 4 is 5.69 Å². The van der Waals surface area contributed by atoms with Gasteiger partial charge in [-0.25, -0.2) is 0 Å². The number of benzene rings is 1. The van der Waals surface area contributed by atoms with Gasteiger partial charge in [0.1, 0.15) is 0 Å². The molecule has 3 heteroatoms. The largest absolute Gasteiger partial charge is 0.384 e. The Labute approximate surface area is 79.3 Å². The Hall–Kier alpha value is -1.06. The molecule has 0 unspecified atom stereocenters. The lowest BCUT2D eigenvalue weighted by Crippen LogP contribution is -2.23. The summed E-state index contributed by atoms with van der Waals surface area (Å²) in [5, 5.41) is 5.08. The fourth-order valence-electron chi connectivity index (χ4n) is 1.00. The Morgan fingerprint density at radius 1 is 1.31 bits per heavy atom. The molecule has 1 rings (SSSR count). The minimum atomic E-state index is 0.866. The lowest BCUT2D eigenvalue weighted by Gasteiger charge is -2.13. The van der Waals surface area contributed by atoms with Crippen molar-refractivity contribution in [3.63, 3.8) is 0 Å². The molecule has 72 valence electrons. The van der Waals surface area contributed by atoms with Crippen molar-refractivity contribution in [2.75, 3.05) is 32.6 Å². The number of hydroxylamine groups is 2. The molecule has 0 fully saturated rings. The van der Waals surface area contributed by atoms with Crippen molar-refractivity contribution in [3.8, 4) is 0 Å². The van der Waals surface area contributed by atoms with Crippen molar-refractivity contribution in [1.82, 2.24) is 5.06 Å². The first-order chi connectivity index (χ1) is 6.33. The Bertz CT molecular complexity index is 226. The zero-order valence-electron chi connectivity index (χ0n) is 8.16. The van der Waals surface area contributed by atoms with Crippen molar-refractivity contribution in [3.05, 3.63) is 30.3 Å². The van der Waals surface area contributed by atoms with Gasteiger partial charge in [-0.1, -0.05) is 18.2 Å². The van der Waals surface area contributed by atoms with E-state index in [0.717, 1.165) is 18.8 Å². The maximum atomic E-state index is 4.98. The van der Waals surface area contributed by atoms with E-state index in [1.165, 1.54) is 0 Å². The fourth-order valence-corrected chi connectivity index (χ4v) is 1.00. The van der Waals surface area contributed by atoms with Crippen molar-refractivity contribution in [1.29, 1.82) is 0 Å². The topological polar surface area (TPSA) is 24.5 Å². The summed E-state index contributed by atoms with van der Waals surface area (Å²) in [7, 11) is 3.58. The fraction of sp³-hybridized carbons (Fsp3) is 0.400. The number of likely N-dealkylation sites (N-methyl/N-ethyl adjacent to an activating group) is 1. The summed E-state index contributed by atoms with van der Waals surface area (Å²) >= 11 is 0. The van der Waals surface area contributed by atoms with Gasteiger partial charge in [0.15, 0.2) is 0 Å². The Kier molecular flexibility index (Phi) is 4.29. The van der Waals surface area contributed by atoms with Crippen molar-refractivity contribution in [2.45, 2.75) is 0 Å². The Balaban J connectivity index is 2.20. The molecule has 0 aromatic heterocycles. The Morgan fingerprint density at radius 2 is 2.00 bits per heavy atom. The van der Waals surface area contributed by atoms with Crippen LogP contribution in [-0.2, 0) is 4.84 Å². The second kappa shape index (κ2) is 5.56. The number of hydrogen-bond acceptors (Lipinski definition) is 3. The second-order valence-corrected chi connectivity index (χ2v) is 2.83. The smallest absolute Gasteiger partial charge is 0.0575 e. The van der Waals surface area contributed by atoms with Crippen LogP contribution in [0.3, 0.4) is 0 Å². The highest BCUT2D eigenvalue weighted by Crippen LogP contribution is 2.03. The number of para-hydroxylation sites is 1. The minimum absolute atomic E-state index is 0.866. The highest BCUT2D eigenvalue weighted by atomic mass is 16.7. The molecule has 1 aromatic rings. The molecular formula is C10H16N2O. The standard InChI is InChI=1S/C10H16N2O/c1-12(13-2)9-8-11-10-6-4-3-5-7-10/h3-7,11H,8-9H2,1-2H3. The SMILES string of the molecule is CON(C)CCNc1ccccc1. The first kappa shape index (κ1) is 10.0. The zero-order chi connectivity index (χ0) is 9.52. The van der Waals surface area contributed by atoms with E-state index in [4.69, 9.17) is 4.84 Å². The lowest BCUT2D eigenvalue weighted by molar-refractivity contribution is -0.105. The van der Waals surface area contributed by atoms with Crippen LogP contribution >= 0.6 is 0 Å². The van der Waals surface area contributed by atoms with Gasteiger partial charge in [0, 0.05) is 25.8 Å². The molecule has 0 saturated carbocycles. The average molecular weight is 180 g/mol. The van der Waals surface area contributed by atoms with Gasteiger partial charge in [0.05, 0.1) is 7.11 Å². The first-order valence-electron chi connectivity index (χ1n) is 4.37. The van der Waals surface area contributed by atoms with E-state index in [2.05, 4.69) is 5.32 Å². The Morgan fingerprint density at radius 3 is 2.62 bits per heavy atom. The van der Waals surface area contributed by atoms with Crippen LogP contribution < -0.4 is 5.32 Å². The lowest BCUT2D eigenvalue weighted by atomic mass is 10.3. The molecule has 0 atom stereocenters. The van der Waals surface area contributed by atoms with Gasteiger partial charge in [-0.2, -0.15) is 5.06 Å². The number of nitrogens with zero attached hydrogens (tertiary/aromatic N) is 1. The summed E-state index contributed by atoms with van der Waals surface area (Å²) in [5.74, 6) is 0. The molecule has 0 aliphatic heterocycles. The predicted octanol–water partition coefficient (Wildman–Crippen LogP) is 1.59. The maximum Gasteiger partial charge on any atom is 0.0575 e. The summed E-state index contributed by atoms with van der Waals surface area (Å²) in [5.41, 5.74) is 1.15. The molecule has 0 radical (unpaired) electrons. The van der Waals surface area contributed by atoms with Crippen LogP contribution in [0.4, 0.5) is 5.69 Å². The molecule has 0 heterocycles. The van der Waals surface area contributed by atoms with Crippen LogP contribution in [-0.4, -0.2) is 32.3 Å². The molecule has 0 aliphatic rings. The molecule has 1 N–H and O–H groups in total. The van der Waals surface area contributed by atoms with Crippen molar-refractivity contribution in [2.24, 2.45) is 0 Å². The number of rotatable bonds is 5.